The van der Waals surface area contributed by atoms with Crippen LogP contribution in [0.3, 0.4) is 0 Å². The second-order valence-corrected chi connectivity index (χ2v) is 8.47. The fourth-order valence-corrected chi connectivity index (χ4v) is 2.99. The smallest absolute Gasteiger partial charge is 0.00594 e. The van der Waals surface area contributed by atoms with Gasteiger partial charge in [-0.15, -0.1) is 26.2 Å². The Morgan fingerprint density at radius 1 is 0.742 bits per heavy atom. The van der Waals surface area contributed by atoms with Crippen LogP contribution in [0.15, 0.2) is 13.2 Å². The van der Waals surface area contributed by atoms with E-state index in [1.165, 1.54) is 38.8 Å². The van der Waals surface area contributed by atoms with Gasteiger partial charge in [-0.2, -0.15) is 0 Å². The van der Waals surface area contributed by atoms with Gasteiger partial charge in [0, 0.05) is 71.5 Å². The number of hydrogen-bond acceptors (Lipinski definition) is 2. The zero-order valence-corrected chi connectivity index (χ0v) is 26.6. The Labute approximate surface area is 248 Å². The summed E-state index contributed by atoms with van der Waals surface area (Å²) in [6.07, 6.45) is 5.18. The first-order valence-electron chi connectivity index (χ1n) is 10.9. The van der Waals surface area contributed by atoms with E-state index in [1.807, 2.05) is 0 Å². The van der Waals surface area contributed by atoms with Gasteiger partial charge in [-0.05, 0) is 57.9 Å². The molecule has 2 radical (unpaired) electrons. The predicted octanol–water partition coefficient (Wildman–Crippen LogP) is 6.06. The monoisotopic (exact) mass is 586 g/mol. The van der Waals surface area contributed by atoms with Crippen LogP contribution in [-0.2, 0) is 65.4 Å². The van der Waals surface area contributed by atoms with Gasteiger partial charge in [0.15, 0.2) is 0 Å². The zero-order valence-electron chi connectivity index (χ0n) is 20.9. The molecule has 4 nitrogen and oxygen atoms in total. The summed E-state index contributed by atoms with van der Waals surface area (Å²) in [5, 5.41) is 8.58. The van der Waals surface area contributed by atoms with Crippen LogP contribution in [0.5, 0.6) is 0 Å². The summed E-state index contributed by atoms with van der Waals surface area (Å²) in [6.45, 7) is 29.9. The molecule has 0 aromatic rings. The van der Waals surface area contributed by atoms with Gasteiger partial charge in [-0.25, -0.2) is 0 Å². The molecule has 2 saturated heterocycles. The summed E-state index contributed by atoms with van der Waals surface area (Å²) in [4.78, 5) is 4.96. The van der Waals surface area contributed by atoms with E-state index in [4.69, 9.17) is 0 Å². The number of likely N-dealkylation sites (N-methyl/N-ethyl adjacent to an activating group) is 1. The standard InChI is InChI=1S/C11H23N2.C9H19N2.2C2H3.CH4.2Y/c1-10(2)6-9-13(3)11-4-7-12-8-5-11;1-8(2)4-5-11(3)9-6-10-7-9;2*1-2;;;/h10-11H,4-9H2,1-3H3;8-9H,4-7H2,1-3H3;2*1H,2H2;1H4;;/q4*-1;;;. The molecule has 0 spiro atoms. The molecule has 0 aromatic carbocycles. The van der Waals surface area contributed by atoms with Crippen LogP contribution >= 0.6 is 0 Å². The Balaban J connectivity index is -0.000000116. The molecule has 2 rings (SSSR count). The fourth-order valence-electron chi connectivity index (χ4n) is 2.99. The van der Waals surface area contributed by atoms with Gasteiger partial charge in [0.1, 0.15) is 0 Å². The second-order valence-electron chi connectivity index (χ2n) is 8.47. The maximum Gasteiger partial charge on any atom is 0.00594 e. The molecular weight excluding hydrogens is 534 g/mol. The molecule has 0 aliphatic carbocycles. The van der Waals surface area contributed by atoms with E-state index >= 15 is 0 Å². The molecule has 0 N–H and O–H groups in total. The average molecular weight is 587 g/mol. The van der Waals surface area contributed by atoms with Crippen LogP contribution in [0, 0.1) is 25.0 Å². The van der Waals surface area contributed by atoms with Crippen molar-refractivity contribution in [2.75, 3.05) is 53.4 Å². The Hall–Kier alpha value is 1.53. The van der Waals surface area contributed by atoms with E-state index in [9.17, 15) is 0 Å². The first-order valence-corrected chi connectivity index (χ1v) is 10.9. The summed E-state index contributed by atoms with van der Waals surface area (Å²) in [5.41, 5.74) is 0. The van der Waals surface area contributed by atoms with Crippen molar-refractivity contribution in [2.45, 2.75) is 72.9 Å². The van der Waals surface area contributed by atoms with E-state index in [2.05, 4.69) is 88.5 Å². The maximum atomic E-state index is 4.38. The number of rotatable bonds is 8. The SMILES string of the molecule is C.CC(C)CCN(C)C1CC[N-]CC1.CC(C)CCN(C)C1C[N-]C1.[CH-]=C.[CH-]=C.[Y].[Y]. The third-order valence-corrected chi connectivity index (χ3v) is 5.29. The van der Waals surface area contributed by atoms with Crippen LogP contribution < -0.4 is 0 Å². The topological polar surface area (TPSA) is 34.7 Å². The maximum absolute atomic E-state index is 4.38. The molecule has 182 valence electrons. The van der Waals surface area contributed by atoms with E-state index in [0.29, 0.717) is 0 Å². The molecule has 0 aromatic heterocycles. The van der Waals surface area contributed by atoms with Crippen LogP contribution in [-0.4, -0.2) is 75.2 Å². The molecule has 31 heavy (non-hydrogen) atoms. The summed E-state index contributed by atoms with van der Waals surface area (Å²) < 4.78 is 0. The molecule has 0 unspecified atom stereocenters. The Kier molecular flexibility index (Phi) is 40.7. The van der Waals surface area contributed by atoms with Gasteiger partial charge in [-0.3, -0.25) is 13.2 Å². The molecule has 6 heteroatoms. The Bertz CT molecular complexity index is 331. The summed E-state index contributed by atoms with van der Waals surface area (Å²) >= 11 is 0. The number of hydrogen-bond donors (Lipinski definition) is 0. The van der Waals surface area contributed by atoms with Crippen LogP contribution in [0.1, 0.15) is 60.8 Å². The quantitative estimate of drug-likeness (QED) is 0.324. The van der Waals surface area contributed by atoms with Crippen LogP contribution in [0.2, 0.25) is 0 Å². The Morgan fingerprint density at radius 2 is 1.10 bits per heavy atom. The zero-order chi connectivity index (χ0) is 21.9. The van der Waals surface area contributed by atoms with Gasteiger partial charge < -0.3 is 33.6 Å². The van der Waals surface area contributed by atoms with Crippen molar-refractivity contribution in [3.8, 4) is 0 Å². The molecular formula is C25H52N4Y2-4. The average Bonchev–Trinajstić information content (AvgIpc) is 2.67. The molecule has 2 aliphatic heterocycles. The van der Waals surface area contributed by atoms with Crippen molar-refractivity contribution < 1.29 is 65.4 Å². The van der Waals surface area contributed by atoms with Crippen molar-refractivity contribution in [3.63, 3.8) is 0 Å². The van der Waals surface area contributed by atoms with E-state index < -0.39 is 0 Å². The van der Waals surface area contributed by atoms with Gasteiger partial charge in [0.2, 0.25) is 0 Å². The van der Waals surface area contributed by atoms with Gasteiger partial charge in [-0.1, -0.05) is 48.0 Å². The van der Waals surface area contributed by atoms with Crippen LogP contribution in [0.25, 0.3) is 10.6 Å². The van der Waals surface area contributed by atoms with E-state index in [0.717, 1.165) is 50.1 Å². The first kappa shape index (κ1) is 42.7. The minimum Gasteiger partial charge on any atom is -0.662 e. The number of nitrogens with zero attached hydrogens (tertiary/aromatic N) is 4. The second kappa shape index (κ2) is 29.6. The summed E-state index contributed by atoms with van der Waals surface area (Å²) in [6, 6.07) is 1.56. The first-order chi connectivity index (χ1) is 13.4. The normalized spacial score (nSPS) is 15.5. The molecule has 2 heterocycles. The minimum atomic E-state index is 0. The molecule has 2 aliphatic rings. The van der Waals surface area contributed by atoms with Crippen molar-refractivity contribution in [1.29, 1.82) is 0 Å². The number of piperidine rings is 1. The van der Waals surface area contributed by atoms with Crippen LogP contribution in [0.4, 0.5) is 0 Å². The Morgan fingerprint density at radius 3 is 1.39 bits per heavy atom. The molecule has 0 bridgehead atoms. The largest absolute Gasteiger partial charge is 0.662 e. The summed E-state index contributed by atoms with van der Waals surface area (Å²) in [7, 11) is 4.47. The minimum absolute atomic E-state index is 0. The van der Waals surface area contributed by atoms with Crippen molar-refractivity contribution in [3.05, 3.63) is 36.9 Å². The molecule has 0 saturated carbocycles. The third-order valence-electron chi connectivity index (χ3n) is 5.29. The van der Waals surface area contributed by atoms with E-state index in [-0.39, 0.29) is 72.8 Å². The third kappa shape index (κ3) is 24.5. The molecule has 0 atom stereocenters. The van der Waals surface area contributed by atoms with Gasteiger partial charge in [0.05, 0.1) is 0 Å². The van der Waals surface area contributed by atoms with Crippen molar-refractivity contribution in [1.82, 2.24) is 9.80 Å². The summed E-state index contributed by atoms with van der Waals surface area (Å²) in [5.74, 6) is 1.66. The van der Waals surface area contributed by atoms with Gasteiger partial charge >= 0.3 is 0 Å². The van der Waals surface area contributed by atoms with Gasteiger partial charge in [0.25, 0.3) is 0 Å². The van der Waals surface area contributed by atoms with Crippen molar-refractivity contribution in [2.24, 2.45) is 11.8 Å². The molecule has 0 amide bonds. The fraction of sp³-hybridized carbons (Fsp3) is 0.840. The van der Waals surface area contributed by atoms with E-state index in [1.54, 1.807) is 0 Å². The predicted molar refractivity (Wildman–Crippen MR) is 134 cm³/mol. The molecule has 2 fully saturated rings. The van der Waals surface area contributed by atoms with Crippen molar-refractivity contribution >= 4 is 0 Å².